The van der Waals surface area contributed by atoms with E-state index in [1.54, 1.807) is 6.07 Å². The minimum atomic E-state index is -0.706. The normalized spacial score (nSPS) is 16.7. The van der Waals surface area contributed by atoms with Gasteiger partial charge in [-0.3, -0.25) is 14.8 Å². The van der Waals surface area contributed by atoms with Crippen LogP contribution >= 0.6 is 23.5 Å². The van der Waals surface area contributed by atoms with Crippen LogP contribution in [0.25, 0.3) is 0 Å². The summed E-state index contributed by atoms with van der Waals surface area (Å²) in [5, 5.41) is 6.13. The fourth-order valence-corrected chi connectivity index (χ4v) is 5.81. The number of anilines is 1. The number of rotatable bonds is 11. The fraction of sp³-hybridized carbons (Fsp3) is 0.393. The number of amides is 1. The number of hydrogen-bond donors (Lipinski definition) is 2. The third-order valence-corrected chi connectivity index (χ3v) is 8.34. The Morgan fingerprint density at radius 1 is 1.15 bits per heavy atom. The first-order valence-electron chi connectivity index (χ1n) is 12.9. The molecule has 39 heavy (non-hydrogen) atoms. The maximum Gasteiger partial charge on any atom is 0.225 e. The number of nitrogens with one attached hydrogen (secondary N) is 2. The van der Waals surface area contributed by atoms with Crippen LogP contribution in [-0.2, 0) is 11.2 Å². The standard InChI is InChI=1S/C28H31ClF3N5OS/c1-2-9-39-37-8-7-33-15-21(37)4-5-22-26(32)16-35-17-27(22)36-28(38)12-23(19-10-20(30)14-34-13-19)18-3-6-24(29)25(31)11-18/h3,6,10-11,13-14,16-17,21,23,33H,2,4-5,7-9,12,15H2,1H3,(H,36,38). The summed E-state index contributed by atoms with van der Waals surface area (Å²) < 4.78 is 45.5. The topological polar surface area (TPSA) is 70.2 Å². The van der Waals surface area contributed by atoms with Gasteiger partial charge in [-0.25, -0.2) is 17.5 Å². The van der Waals surface area contributed by atoms with Gasteiger partial charge >= 0.3 is 0 Å². The highest BCUT2D eigenvalue weighted by Crippen LogP contribution is 2.31. The zero-order chi connectivity index (χ0) is 27.8. The van der Waals surface area contributed by atoms with E-state index in [0.29, 0.717) is 29.5 Å². The Hall–Kier alpha value is -2.66. The first-order valence-corrected chi connectivity index (χ1v) is 14.3. The second kappa shape index (κ2) is 14.1. The molecule has 4 rings (SSSR count). The molecular formula is C28H31ClF3N5OS. The van der Waals surface area contributed by atoms with Crippen molar-refractivity contribution in [3.05, 3.63) is 88.2 Å². The Bertz CT molecular complexity index is 1280. The largest absolute Gasteiger partial charge is 0.324 e. The summed E-state index contributed by atoms with van der Waals surface area (Å²) in [7, 11) is 0. The van der Waals surface area contributed by atoms with Crippen molar-refractivity contribution in [1.82, 2.24) is 19.6 Å². The molecule has 3 aromatic rings. The molecule has 2 unspecified atom stereocenters. The van der Waals surface area contributed by atoms with Crippen LogP contribution in [0.4, 0.5) is 18.9 Å². The zero-order valence-corrected chi connectivity index (χ0v) is 23.2. The third-order valence-electron chi connectivity index (χ3n) is 6.63. The molecule has 1 saturated heterocycles. The summed E-state index contributed by atoms with van der Waals surface area (Å²) in [4.78, 5) is 21.0. The Morgan fingerprint density at radius 3 is 2.74 bits per heavy atom. The average Bonchev–Trinajstić information content (AvgIpc) is 2.92. The van der Waals surface area contributed by atoms with E-state index in [0.717, 1.165) is 44.2 Å². The summed E-state index contributed by atoms with van der Waals surface area (Å²) in [6.07, 6.45) is 7.10. The van der Waals surface area contributed by atoms with Crippen LogP contribution in [0.1, 0.15) is 48.8 Å². The molecule has 6 nitrogen and oxygen atoms in total. The van der Waals surface area contributed by atoms with Crippen molar-refractivity contribution in [2.75, 3.05) is 30.7 Å². The van der Waals surface area contributed by atoms with Crippen LogP contribution in [0.15, 0.2) is 49.1 Å². The first kappa shape index (κ1) is 29.3. The van der Waals surface area contributed by atoms with Crippen molar-refractivity contribution in [2.24, 2.45) is 0 Å². The lowest BCUT2D eigenvalue weighted by atomic mass is 9.89. The molecular weight excluding hydrogens is 547 g/mol. The van der Waals surface area contributed by atoms with Gasteiger partial charge in [-0.2, -0.15) is 0 Å². The lowest BCUT2D eigenvalue weighted by Gasteiger charge is -2.35. The number of nitrogens with zero attached hydrogens (tertiary/aromatic N) is 3. The van der Waals surface area contributed by atoms with E-state index in [9.17, 15) is 18.0 Å². The lowest BCUT2D eigenvalue weighted by molar-refractivity contribution is -0.116. The smallest absolute Gasteiger partial charge is 0.225 e. The predicted molar refractivity (Wildman–Crippen MR) is 149 cm³/mol. The van der Waals surface area contributed by atoms with Crippen LogP contribution < -0.4 is 10.6 Å². The molecule has 1 aromatic carbocycles. The van der Waals surface area contributed by atoms with Crippen molar-refractivity contribution in [3.8, 4) is 0 Å². The van der Waals surface area contributed by atoms with Gasteiger partial charge in [0.2, 0.25) is 5.91 Å². The molecule has 3 heterocycles. The van der Waals surface area contributed by atoms with Crippen molar-refractivity contribution in [3.63, 3.8) is 0 Å². The number of piperazine rings is 1. The van der Waals surface area contributed by atoms with Crippen molar-refractivity contribution < 1.29 is 18.0 Å². The highest BCUT2D eigenvalue weighted by Gasteiger charge is 2.25. The molecule has 0 spiro atoms. The van der Waals surface area contributed by atoms with Gasteiger partial charge in [0, 0.05) is 55.5 Å². The van der Waals surface area contributed by atoms with Gasteiger partial charge in [0.05, 0.1) is 29.3 Å². The summed E-state index contributed by atoms with van der Waals surface area (Å²) in [6.45, 7) is 4.79. The molecule has 2 aromatic heterocycles. The zero-order valence-electron chi connectivity index (χ0n) is 21.6. The maximum atomic E-state index is 14.9. The van der Waals surface area contributed by atoms with E-state index in [1.807, 2.05) is 11.9 Å². The van der Waals surface area contributed by atoms with Crippen molar-refractivity contribution >= 4 is 35.1 Å². The maximum absolute atomic E-state index is 14.9. The van der Waals surface area contributed by atoms with Crippen molar-refractivity contribution in [2.45, 2.75) is 44.6 Å². The van der Waals surface area contributed by atoms with Crippen LogP contribution in [0.3, 0.4) is 0 Å². The van der Waals surface area contributed by atoms with Crippen LogP contribution in [0.5, 0.6) is 0 Å². The monoisotopic (exact) mass is 577 g/mol. The molecule has 0 bridgehead atoms. The Morgan fingerprint density at radius 2 is 1.97 bits per heavy atom. The average molecular weight is 578 g/mol. The molecule has 2 N–H and O–H groups in total. The molecule has 1 aliphatic rings. The van der Waals surface area contributed by atoms with E-state index in [-0.39, 0.29) is 23.2 Å². The minimum Gasteiger partial charge on any atom is -0.324 e. The van der Waals surface area contributed by atoms with Crippen LogP contribution in [-0.4, -0.2) is 51.6 Å². The Balaban J connectivity index is 1.51. The molecule has 2 atom stereocenters. The molecule has 208 valence electrons. The SMILES string of the molecule is CCCSN1CCNCC1CCc1c(F)cncc1NC(=O)CC(c1cncc(F)c1)c1ccc(Cl)c(F)c1. The van der Waals surface area contributed by atoms with Gasteiger partial charge in [-0.15, -0.1) is 0 Å². The van der Waals surface area contributed by atoms with E-state index in [1.165, 1.54) is 30.6 Å². The van der Waals surface area contributed by atoms with Gasteiger partial charge in [-0.1, -0.05) is 36.5 Å². The Labute approximate surface area is 235 Å². The predicted octanol–water partition coefficient (Wildman–Crippen LogP) is 5.97. The van der Waals surface area contributed by atoms with Crippen LogP contribution in [0, 0.1) is 17.5 Å². The number of carbonyl (C=O) groups is 1. The number of pyridine rings is 2. The number of halogens is 4. The second-order valence-corrected chi connectivity index (χ2v) is 11.0. The van der Waals surface area contributed by atoms with Gasteiger partial charge in [0.15, 0.2) is 0 Å². The Kier molecular flexibility index (Phi) is 10.6. The van der Waals surface area contributed by atoms with Gasteiger partial charge in [-0.05, 0) is 48.6 Å². The number of benzene rings is 1. The van der Waals surface area contributed by atoms with E-state index in [2.05, 4.69) is 31.8 Å². The molecule has 1 amide bonds. The molecule has 0 aliphatic carbocycles. The first-order chi connectivity index (χ1) is 18.9. The summed E-state index contributed by atoms with van der Waals surface area (Å²) >= 11 is 7.66. The summed E-state index contributed by atoms with van der Waals surface area (Å²) in [5.41, 5.74) is 1.51. The van der Waals surface area contributed by atoms with Gasteiger partial charge in [0.25, 0.3) is 0 Å². The fourth-order valence-electron chi connectivity index (χ4n) is 4.66. The molecule has 11 heteroatoms. The molecule has 0 radical (unpaired) electrons. The minimum absolute atomic E-state index is 0.0605. The summed E-state index contributed by atoms with van der Waals surface area (Å²) in [6, 6.07) is 5.69. The molecule has 1 fully saturated rings. The highest BCUT2D eigenvalue weighted by atomic mass is 35.5. The van der Waals surface area contributed by atoms with E-state index in [4.69, 9.17) is 11.6 Å². The van der Waals surface area contributed by atoms with Crippen LogP contribution in [0.2, 0.25) is 5.02 Å². The highest BCUT2D eigenvalue weighted by molar-refractivity contribution is 7.97. The second-order valence-electron chi connectivity index (χ2n) is 9.43. The number of carbonyl (C=O) groups excluding carboxylic acids is 1. The lowest BCUT2D eigenvalue weighted by Crippen LogP contribution is -2.48. The molecule has 1 aliphatic heterocycles. The number of hydrogen-bond acceptors (Lipinski definition) is 6. The van der Waals surface area contributed by atoms with Gasteiger partial charge < -0.3 is 10.6 Å². The molecule has 0 saturated carbocycles. The van der Waals surface area contributed by atoms with Gasteiger partial charge in [0.1, 0.15) is 17.5 Å². The third kappa shape index (κ3) is 7.94. The quantitative estimate of drug-likeness (QED) is 0.274. The van der Waals surface area contributed by atoms with E-state index >= 15 is 0 Å². The van der Waals surface area contributed by atoms with Crippen molar-refractivity contribution in [1.29, 1.82) is 0 Å². The number of aromatic nitrogens is 2. The van der Waals surface area contributed by atoms with E-state index < -0.39 is 29.3 Å². The summed E-state index contributed by atoms with van der Waals surface area (Å²) in [5.74, 6) is -1.85.